The average molecular weight is 396 g/mol. The van der Waals surface area contributed by atoms with Gasteiger partial charge in [0.1, 0.15) is 6.10 Å². The minimum absolute atomic E-state index is 0.143. The number of aromatic nitrogens is 1. The third kappa shape index (κ3) is 3.74. The van der Waals surface area contributed by atoms with Crippen molar-refractivity contribution in [2.24, 2.45) is 0 Å². The molecule has 29 heavy (non-hydrogen) atoms. The summed E-state index contributed by atoms with van der Waals surface area (Å²) in [6, 6.07) is 11.5. The van der Waals surface area contributed by atoms with Crippen LogP contribution in [0.4, 0.5) is 5.69 Å². The van der Waals surface area contributed by atoms with Crippen molar-refractivity contribution < 1.29 is 14.6 Å². The first kappa shape index (κ1) is 19.9. The smallest absolute Gasteiger partial charge is 0.252 e. The second-order valence-electron chi connectivity index (χ2n) is 8.44. The van der Waals surface area contributed by atoms with E-state index in [-0.39, 0.29) is 5.91 Å². The summed E-state index contributed by atoms with van der Waals surface area (Å²) in [5, 5.41) is 14.5. The number of nitrogens with zero attached hydrogens (tertiary/aromatic N) is 2. The van der Waals surface area contributed by atoms with Crippen molar-refractivity contribution in [1.29, 1.82) is 0 Å². The lowest BCUT2D eigenvalue weighted by Crippen LogP contribution is -2.69. The van der Waals surface area contributed by atoms with E-state index in [2.05, 4.69) is 15.2 Å². The highest BCUT2D eigenvalue weighted by atomic mass is 16.5. The molecule has 2 fully saturated rings. The van der Waals surface area contributed by atoms with Crippen molar-refractivity contribution in [2.45, 2.75) is 50.4 Å². The fourth-order valence-corrected chi connectivity index (χ4v) is 4.66. The molecular formula is C23H29N3O3. The van der Waals surface area contributed by atoms with Crippen LogP contribution in [-0.4, -0.2) is 52.9 Å². The second-order valence-corrected chi connectivity index (χ2v) is 8.44. The summed E-state index contributed by atoms with van der Waals surface area (Å²) < 4.78 is 6.17. The molecule has 154 valence electrons. The zero-order chi connectivity index (χ0) is 20.5. The molecule has 2 atom stereocenters. The molecular weight excluding hydrogens is 366 g/mol. The molecule has 0 saturated carbocycles. The van der Waals surface area contributed by atoms with Crippen LogP contribution in [0.25, 0.3) is 0 Å². The molecule has 2 aromatic rings. The zero-order valence-corrected chi connectivity index (χ0v) is 17.1. The number of anilines is 1. The minimum atomic E-state index is -0.767. The van der Waals surface area contributed by atoms with Gasteiger partial charge in [-0.3, -0.25) is 9.78 Å². The molecule has 0 radical (unpaired) electrons. The Balaban J connectivity index is 1.48. The number of carbonyl (C=O) groups is 1. The Labute approximate surface area is 171 Å². The topological polar surface area (TPSA) is 74.7 Å². The number of nitrogens with one attached hydrogen (secondary N) is 1. The molecule has 0 bridgehead atoms. The Morgan fingerprint density at radius 3 is 2.55 bits per heavy atom. The Kier molecular flexibility index (Phi) is 5.32. The highest BCUT2D eigenvalue weighted by Crippen LogP contribution is 2.40. The molecule has 4 rings (SSSR count). The normalized spacial score (nSPS) is 26.3. The quantitative estimate of drug-likeness (QED) is 0.836. The third-order valence-corrected chi connectivity index (χ3v) is 6.54. The minimum Gasteiger partial charge on any atom is -0.388 e. The number of hydrogen-bond donors (Lipinski definition) is 2. The van der Waals surface area contributed by atoms with Crippen LogP contribution in [0.3, 0.4) is 0 Å². The van der Waals surface area contributed by atoms with Gasteiger partial charge >= 0.3 is 0 Å². The fraction of sp³-hybridized carbons (Fsp3) is 0.478. The van der Waals surface area contributed by atoms with E-state index in [4.69, 9.17) is 4.74 Å². The van der Waals surface area contributed by atoms with Crippen molar-refractivity contribution in [3.05, 3.63) is 59.9 Å². The number of aliphatic hydroxyl groups excluding tert-OH is 1. The zero-order valence-electron chi connectivity index (χ0n) is 17.1. The van der Waals surface area contributed by atoms with E-state index in [0.717, 1.165) is 24.3 Å². The molecule has 2 N–H and O–H groups in total. The Morgan fingerprint density at radius 2 is 1.86 bits per heavy atom. The number of amides is 1. The van der Waals surface area contributed by atoms with Crippen LogP contribution < -0.4 is 10.2 Å². The van der Waals surface area contributed by atoms with Gasteiger partial charge in [0, 0.05) is 43.3 Å². The molecule has 6 nitrogen and oxygen atoms in total. The summed E-state index contributed by atoms with van der Waals surface area (Å²) in [6.07, 6.45) is 4.84. The van der Waals surface area contributed by atoms with Crippen LogP contribution in [0.1, 0.15) is 42.1 Å². The molecule has 2 aliphatic heterocycles. The van der Waals surface area contributed by atoms with E-state index in [9.17, 15) is 9.90 Å². The molecule has 2 saturated heterocycles. The Bertz CT molecular complexity index is 865. The average Bonchev–Trinajstić information content (AvgIpc) is 2.73. The molecule has 0 aliphatic carbocycles. The first-order valence-corrected chi connectivity index (χ1v) is 10.3. The van der Waals surface area contributed by atoms with Crippen LogP contribution in [0.15, 0.2) is 48.8 Å². The van der Waals surface area contributed by atoms with Gasteiger partial charge in [-0.15, -0.1) is 0 Å². The second kappa shape index (κ2) is 7.76. The maximum atomic E-state index is 12.9. The van der Waals surface area contributed by atoms with Crippen molar-refractivity contribution in [3.8, 4) is 0 Å². The third-order valence-electron chi connectivity index (χ3n) is 6.54. The van der Waals surface area contributed by atoms with Gasteiger partial charge in [-0.2, -0.15) is 0 Å². The van der Waals surface area contributed by atoms with Crippen LogP contribution in [0.2, 0.25) is 0 Å². The van der Waals surface area contributed by atoms with Gasteiger partial charge in [0.05, 0.1) is 11.1 Å². The van der Waals surface area contributed by atoms with Gasteiger partial charge in [0.25, 0.3) is 5.91 Å². The van der Waals surface area contributed by atoms with Crippen LogP contribution >= 0.6 is 0 Å². The van der Waals surface area contributed by atoms with E-state index < -0.39 is 17.2 Å². The summed E-state index contributed by atoms with van der Waals surface area (Å²) in [6.45, 7) is 5.98. The van der Waals surface area contributed by atoms with Gasteiger partial charge in [-0.1, -0.05) is 18.2 Å². The number of aliphatic hydroxyl groups is 1. The summed E-state index contributed by atoms with van der Waals surface area (Å²) in [4.78, 5) is 19.3. The predicted octanol–water partition coefficient (Wildman–Crippen LogP) is 2.70. The molecule has 0 unspecified atom stereocenters. The fourth-order valence-electron chi connectivity index (χ4n) is 4.66. The van der Waals surface area contributed by atoms with Gasteiger partial charge in [-0.25, -0.2) is 0 Å². The van der Waals surface area contributed by atoms with Gasteiger partial charge in [0.15, 0.2) is 0 Å². The monoisotopic (exact) mass is 395 g/mol. The maximum absolute atomic E-state index is 12.9. The summed E-state index contributed by atoms with van der Waals surface area (Å²) in [5.41, 5.74) is 1.35. The number of rotatable bonds is 3. The Hall–Kier alpha value is -2.44. The molecule has 2 aliphatic rings. The van der Waals surface area contributed by atoms with Gasteiger partial charge in [0.2, 0.25) is 0 Å². The van der Waals surface area contributed by atoms with E-state index in [1.54, 1.807) is 12.4 Å². The standard InChI is InChI=1S/C23H29N3O3/c1-17-5-3-4-6-19(17)20(27)25-22(2)11-16-29-23(21(22)28)9-14-26(15-10-23)18-7-12-24-13-8-18/h3-8,12-13,21,28H,9-11,14-16H2,1-2H3,(H,25,27)/t21-,22+/m1/s1. The maximum Gasteiger partial charge on any atom is 0.252 e. The van der Waals surface area contributed by atoms with E-state index in [1.807, 2.05) is 50.2 Å². The summed E-state index contributed by atoms with van der Waals surface area (Å²) in [7, 11) is 0. The van der Waals surface area contributed by atoms with E-state index in [0.29, 0.717) is 31.4 Å². The highest BCUT2D eigenvalue weighted by Gasteiger charge is 2.53. The number of benzene rings is 1. The molecule has 1 aromatic carbocycles. The number of aryl methyl sites for hydroxylation is 1. The number of pyridine rings is 1. The predicted molar refractivity (Wildman–Crippen MR) is 112 cm³/mol. The lowest BCUT2D eigenvalue weighted by atomic mass is 9.73. The van der Waals surface area contributed by atoms with Crippen molar-refractivity contribution in [2.75, 3.05) is 24.6 Å². The lowest BCUT2D eigenvalue weighted by Gasteiger charge is -2.53. The molecule has 1 aromatic heterocycles. The SMILES string of the molecule is Cc1ccccc1C(=O)N[C@@]1(C)CCOC2(CCN(c3ccncc3)CC2)[C@@H]1O. The van der Waals surface area contributed by atoms with Crippen molar-refractivity contribution >= 4 is 11.6 Å². The van der Waals surface area contributed by atoms with Crippen molar-refractivity contribution in [1.82, 2.24) is 10.3 Å². The van der Waals surface area contributed by atoms with E-state index >= 15 is 0 Å². The summed E-state index contributed by atoms with van der Waals surface area (Å²) >= 11 is 0. The van der Waals surface area contributed by atoms with E-state index in [1.165, 1.54) is 0 Å². The molecule has 3 heterocycles. The Morgan fingerprint density at radius 1 is 1.17 bits per heavy atom. The molecule has 1 amide bonds. The first-order chi connectivity index (χ1) is 13.9. The van der Waals surface area contributed by atoms with Gasteiger partial charge < -0.3 is 20.1 Å². The van der Waals surface area contributed by atoms with Crippen LogP contribution in [0.5, 0.6) is 0 Å². The van der Waals surface area contributed by atoms with Crippen LogP contribution in [0, 0.1) is 6.92 Å². The number of hydrogen-bond acceptors (Lipinski definition) is 5. The van der Waals surface area contributed by atoms with Crippen molar-refractivity contribution in [3.63, 3.8) is 0 Å². The first-order valence-electron chi connectivity index (χ1n) is 10.3. The molecule has 1 spiro atoms. The number of piperidine rings is 1. The lowest BCUT2D eigenvalue weighted by molar-refractivity contribution is -0.195. The molecule has 6 heteroatoms. The summed E-state index contributed by atoms with van der Waals surface area (Å²) in [5.74, 6) is -0.143. The number of carbonyl (C=O) groups excluding carboxylic acids is 1. The van der Waals surface area contributed by atoms with Crippen LogP contribution in [-0.2, 0) is 4.74 Å². The van der Waals surface area contributed by atoms with Gasteiger partial charge in [-0.05, 0) is 56.9 Å². The number of ether oxygens (including phenoxy) is 1. The largest absolute Gasteiger partial charge is 0.388 e. The highest BCUT2D eigenvalue weighted by molar-refractivity contribution is 5.96.